The molecule has 0 aromatic carbocycles. The van der Waals surface area contributed by atoms with Crippen LogP contribution in [0.3, 0.4) is 0 Å². The van der Waals surface area contributed by atoms with Crippen molar-refractivity contribution in [3.8, 4) is 0 Å². The molecule has 72 valence electrons. The summed E-state index contributed by atoms with van der Waals surface area (Å²) in [5.41, 5.74) is -0.121. The summed E-state index contributed by atoms with van der Waals surface area (Å²) in [6.45, 7) is 3.15. The van der Waals surface area contributed by atoms with Crippen molar-refractivity contribution in [1.82, 2.24) is 8.96 Å². The second-order valence-corrected chi connectivity index (χ2v) is 4.74. The van der Waals surface area contributed by atoms with E-state index in [0.717, 1.165) is 0 Å². The molecule has 0 aliphatic heterocycles. The van der Waals surface area contributed by atoms with Crippen molar-refractivity contribution < 1.29 is 8.42 Å². The lowest BCUT2D eigenvalue weighted by molar-refractivity contribution is 0.585. The molecule has 0 fully saturated rings. The summed E-state index contributed by atoms with van der Waals surface area (Å²) in [6, 6.07) is 0. The molecule has 1 aromatic heterocycles. The minimum absolute atomic E-state index is 0.113. The Balaban J connectivity index is 3.47. The van der Waals surface area contributed by atoms with Gasteiger partial charge in [-0.25, -0.2) is 18.2 Å². The largest absolute Gasteiger partial charge is 0.361 e. The number of nitrogens with zero attached hydrogens (tertiary/aromatic N) is 2. The summed E-state index contributed by atoms with van der Waals surface area (Å²) in [5, 5.41) is 0. The Hall–Kier alpha value is -1.17. The van der Waals surface area contributed by atoms with E-state index in [2.05, 4.69) is 4.98 Å². The topological polar surface area (TPSA) is 69.0 Å². The molecule has 0 unspecified atom stereocenters. The summed E-state index contributed by atoms with van der Waals surface area (Å²) in [5.74, 6) is -0.113. The van der Waals surface area contributed by atoms with E-state index < -0.39 is 15.7 Å². The van der Waals surface area contributed by atoms with E-state index in [9.17, 15) is 13.2 Å². The van der Waals surface area contributed by atoms with Crippen LogP contribution in [-0.4, -0.2) is 23.1 Å². The van der Waals surface area contributed by atoms with Crippen LogP contribution in [0.25, 0.3) is 0 Å². The number of hydrogen-bond donors (Lipinski definition) is 0. The molecular weight excluding hydrogens is 192 g/mol. The Morgan fingerprint density at radius 3 is 2.69 bits per heavy atom. The lowest BCUT2D eigenvalue weighted by atomic mass is 10.4. The van der Waals surface area contributed by atoms with Crippen LogP contribution >= 0.6 is 0 Å². The summed E-state index contributed by atoms with van der Waals surface area (Å²) in [6.07, 6.45) is 2.61. The van der Waals surface area contributed by atoms with E-state index in [-0.39, 0.29) is 5.75 Å². The summed E-state index contributed by atoms with van der Waals surface area (Å²) < 4.78 is 23.3. The molecule has 0 spiro atoms. The average molecular weight is 202 g/mol. The average Bonchev–Trinajstić information content (AvgIpc) is 2.09. The molecule has 0 saturated carbocycles. The number of rotatable bonds is 2. The molecule has 0 atom stereocenters. The molecule has 0 saturated heterocycles. The Kier molecular flexibility index (Phi) is 2.51. The highest BCUT2D eigenvalue weighted by molar-refractivity contribution is 7.89. The van der Waals surface area contributed by atoms with Crippen LogP contribution in [0.2, 0.25) is 0 Å². The van der Waals surface area contributed by atoms with Gasteiger partial charge >= 0.3 is 5.69 Å². The van der Waals surface area contributed by atoms with Gasteiger partial charge in [-0.2, -0.15) is 3.97 Å². The van der Waals surface area contributed by atoms with Crippen molar-refractivity contribution in [1.29, 1.82) is 0 Å². The lowest BCUT2D eigenvalue weighted by Crippen LogP contribution is -2.30. The van der Waals surface area contributed by atoms with Crippen LogP contribution < -0.4 is 5.69 Å². The zero-order valence-corrected chi connectivity index (χ0v) is 8.21. The standard InChI is InChI=1S/C7H10N2O3S/c1-3-13(11,12)9-5-6(2)4-8-7(9)10/h4-5H,3H2,1-2H3. The Bertz CT molecular complexity index is 461. The van der Waals surface area contributed by atoms with Crippen LogP contribution in [0.15, 0.2) is 17.2 Å². The van der Waals surface area contributed by atoms with Gasteiger partial charge in [0, 0.05) is 12.4 Å². The number of aryl methyl sites for hydroxylation is 1. The van der Waals surface area contributed by atoms with Gasteiger partial charge in [0.15, 0.2) is 0 Å². The fourth-order valence-corrected chi connectivity index (χ4v) is 1.72. The molecule has 0 bridgehead atoms. The Morgan fingerprint density at radius 1 is 1.54 bits per heavy atom. The van der Waals surface area contributed by atoms with E-state index in [0.29, 0.717) is 9.54 Å². The highest BCUT2D eigenvalue weighted by Gasteiger charge is 2.12. The molecule has 1 aromatic rings. The maximum atomic E-state index is 11.3. The number of aromatic nitrogens is 2. The third-order valence-electron chi connectivity index (χ3n) is 1.55. The minimum Gasteiger partial charge on any atom is -0.245 e. The van der Waals surface area contributed by atoms with Crippen LogP contribution in [-0.2, 0) is 10.0 Å². The van der Waals surface area contributed by atoms with Crippen molar-refractivity contribution >= 4 is 10.0 Å². The Morgan fingerprint density at radius 2 is 2.15 bits per heavy atom. The van der Waals surface area contributed by atoms with Gasteiger partial charge in [-0.1, -0.05) is 0 Å². The van der Waals surface area contributed by atoms with Gasteiger partial charge in [0.1, 0.15) is 0 Å². The molecule has 0 N–H and O–H groups in total. The zero-order valence-electron chi connectivity index (χ0n) is 7.39. The van der Waals surface area contributed by atoms with Gasteiger partial charge in [-0.05, 0) is 19.4 Å². The molecule has 6 heteroatoms. The van der Waals surface area contributed by atoms with Crippen LogP contribution in [0, 0.1) is 6.92 Å². The third kappa shape index (κ3) is 1.95. The highest BCUT2D eigenvalue weighted by atomic mass is 32.2. The molecule has 1 rings (SSSR count). The SMILES string of the molecule is CCS(=O)(=O)n1cc(C)cnc1=O. The first-order valence-corrected chi connectivity index (χ1v) is 5.37. The first-order chi connectivity index (χ1) is 5.97. The fourth-order valence-electron chi connectivity index (χ4n) is 0.826. The third-order valence-corrected chi connectivity index (χ3v) is 3.14. The molecule has 0 amide bonds. The fraction of sp³-hybridized carbons (Fsp3) is 0.429. The maximum Gasteiger partial charge on any atom is 0.361 e. The summed E-state index contributed by atoms with van der Waals surface area (Å²) >= 11 is 0. The second-order valence-electron chi connectivity index (χ2n) is 2.61. The second kappa shape index (κ2) is 3.29. The molecule has 0 aliphatic carbocycles. The first-order valence-electron chi connectivity index (χ1n) is 3.76. The summed E-state index contributed by atoms with van der Waals surface area (Å²) in [7, 11) is -3.51. The van der Waals surface area contributed by atoms with Crippen LogP contribution in [0.1, 0.15) is 12.5 Å². The van der Waals surface area contributed by atoms with Crippen molar-refractivity contribution in [3.63, 3.8) is 0 Å². The number of hydrogen-bond acceptors (Lipinski definition) is 4. The first kappa shape index (κ1) is 9.91. The van der Waals surface area contributed by atoms with E-state index in [1.165, 1.54) is 19.3 Å². The van der Waals surface area contributed by atoms with Crippen molar-refractivity contribution in [2.75, 3.05) is 5.75 Å². The van der Waals surface area contributed by atoms with Gasteiger partial charge < -0.3 is 0 Å². The molecule has 5 nitrogen and oxygen atoms in total. The smallest absolute Gasteiger partial charge is 0.245 e. The monoisotopic (exact) mass is 202 g/mol. The molecule has 0 radical (unpaired) electrons. The lowest BCUT2D eigenvalue weighted by Gasteiger charge is -2.03. The van der Waals surface area contributed by atoms with Crippen LogP contribution in [0.5, 0.6) is 0 Å². The van der Waals surface area contributed by atoms with Crippen molar-refractivity contribution in [2.24, 2.45) is 0 Å². The summed E-state index contributed by atoms with van der Waals surface area (Å²) in [4.78, 5) is 14.5. The van der Waals surface area contributed by atoms with Crippen LogP contribution in [0.4, 0.5) is 0 Å². The molecular formula is C7H10N2O3S. The van der Waals surface area contributed by atoms with E-state index in [1.54, 1.807) is 6.92 Å². The molecule has 13 heavy (non-hydrogen) atoms. The maximum absolute atomic E-state index is 11.3. The van der Waals surface area contributed by atoms with Gasteiger partial charge in [0.05, 0.1) is 5.75 Å². The quantitative estimate of drug-likeness (QED) is 0.663. The van der Waals surface area contributed by atoms with E-state index in [1.807, 2.05) is 0 Å². The van der Waals surface area contributed by atoms with E-state index >= 15 is 0 Å². The van der Waals surface area contributed by atoms with E-state index in [4.69, 9.17) is 0 Å². The molecule has 1 heterocycles. The highest BCUT2D eigenvalue weighted by Crippen LogP contribution is 1.95. The Labute approximate surface area is 76.1 Å². The van der Waals surface area contributed by atoms with Gasteiger partial charge in [-0.3, -0.25) is 0 Å². The van der Waals surface area contributed by atoms with Crippen molar-refractivity contribution in [2.45, 2.75) is 13.8 Å². The van der Waals surface area contributed by atoms with Crippen molar-refractivity contribution in [3.05, 3.63) is 28.4 Å². The minimum atomic E-state index is -3.51. The van der Waals surface area contributed by atoms with Gasteiger partial charge in [-0.15, -0.1) is 0 Å². The predicted octanol–water partition coefficient (Wildman–Crippen LogP) is -0.250. The zero-order chi connectivity index (χ0) is 10.1. The predicted molar refractivity (Wildman–Crippen MR) is 48.1 cm³/mol. The van der Waals surface area contributed by atoms with Gasteiger partial charge in [0.25, 0.3) is 0 Å². The normalized spacial score (nSPS) is 11.5. The van der Waals surface area contributed by atoms with Gasteiger partial charge in [0.2, 0.25) is 10.0 Å². The molecule has 0 aliphatic rings.